The Balaban J connectivity index is 1.79. The Hall–Kier alpha value is -2.21. The van der Waals surface area contributed by atoms with Crippen LogP contribution in [0.5, 0.6) is 0 Å². The largest absolute Gasteiger partial charge is 0.478 e. The SMILES string of the molecule is CCc1nc(C)c(C(=O)N2CC[C@@H](c3ccccc3C(=O)O)C2)s1. The van der Waals surface area contributed by atoms with Gasteiger partial charge in [0.2, 0.25) is 0 Å². The third-order valence-electron chi connectivity index (χ3n) is 4.44. The second-order valence-electron chi connectivity index (χ2n) is 6.00. The quantitative estimate of drug-likeness (QED) is 0.923. The number of rotatable bonds is 4. The van der Waals surface area contributed by atoms with Crippen LogP contribution in [0.1, 0.15) is 55.6 Å². The van der Waals surface area contributed by atoms with Gasteiger partial charge < -0.3 is 10.0 Å². The van der Waals surface area contributed by atoms with Crippen molar-refractivity contribution in [1.82, 2.24) is 9.88 Å². The monoisotopic (exact) mass is 344 g/mol. The summed E-state index contributed by atoms with van der Waals surface area (Å²) < 4.78 is 0. The standard InChI is InChI=1S/C18H20N2O3S/c1-3-15-19-11(2)16(24-15)17(21)20-9-8-12(10-20)13-6-4-5-7-14(13)18(22)23/h4-7,12H,3,8-10H2,1-2H3,(H,22,23)/t12-/m1/s1. The van der Waals surface area contributed by atoms with E-state index in [4.69, 9.17) is 0 Å². The zero-order valence-electron chi connectivity index (χ0n) is 13.8. The first-order chi connectivity index (χ1) is 11.5. The molecule has 0 saturated carbocycles. The summed E-state index contributed by atoms with van der Waals surface area (Å²) in [4.78, 5) is 31.1. The topological polar surface area (TPSA) is 70.5 Å². The maximum absolute atomic E-state index is 12.8. The minimum absolute atomic E-state index is 0.0139. The van der Waals surface area contributed by atoms with Crippen LogP contribution in [0.25, 0.3) is 0 Å². The normalized spacial score (nSPS) is 17.2. The second kappa shape index (κ2) is 6.73. The second-order valence-corrected chi connectivity index (χ2v) is 7.09. The molecule has 0 bridgehead atoms. The molecular formula is C18H20N2O3S. The number of carbonyl (C=O) groups is 2. The van der Waals surface area contributed by atoms with Crippen molar-refractivity contribution >= 4 is 23.2 Å². The van der Waals surface area contributed by atoms with Crippen molar-refractivity contribution in [3.05, 3.63) is 51.0 Å². The summed E-state index contributed by atoms with van der Waals surface area (Å²) in [6, 6.07) is 7.07. The first-order valence-corrected chi connectivity index (χ1v) is 8.90. The fourth-order valence-electron chi connectivity index (χ4n) is 3.19. The van der Waals surface area contributed by atoms with Crippen LogP contribution < -0.4 is 0 Å². The molecule has 24 heavy (non-hydrogen) atoms. The number of benzene rings is 1. The summed E-state index contributed by atoms with van der Waals surface area (Å²) in [5.74, 6) is -0.832. The summed E-state index contributed by atoms with van der Waals surface area (Å²) in [5, 5.41) is 10.3. The van der Waals surface area contributed by atoms with Gasteiger partial charge in [0.1, 0.15) is 4.88 Å². The summed E-state index contributed by atoms with van der Waals surface area (Å²) in [6.45, 7) is 5.11. The number of likely N-dealkylation sites (tertiary alicyclic amines) is 1. The highest BCUT2D eigenvalue weighted by atomic mass is 32.1. The molecule has 0 radical (unpaired) electrons. The lowest BCUT2D eigenvalue weighted by Crippen LogP contribution is -2.28. The van der Waals surface area contributed by atoms with Gasteiger partial charge in [0.15, 0.2) is 0 Å². The molecular weight excluding hydrogens is 324 g/mol. The van der Waals surface area contributed by atoms with Gasteiger partial charge in [-0.25, -0.2) is 9.78 Å². The van der Waals surface area contributed by atoms with E-state index in [1.807, 2.05) is 30.9 Å². The molecule has 1 aromatic heterocycles. The Kier molecular flexibility index (Phi) is 4.66. The zero-order valence-corrected chi connectivity index (χ0v) is 14.6. The van der Waals surface area contributed by atoms with Gasteiger partial charge in [0, 0.05) is 19.0 Å². The van der Waals surface area contributed by atoms with Crippen molar-refractivity contribution in [3.63, 3.8) is 0 Å². The number of amides is 1. The van der Waals surface area contributed by atoms with Crippen molar-refractivity contribution < 1.29 is 14.7 Å². The molecule has 2 aromatic rings. The fraction of sp³-hybridized carbons (Fsp3) is 0.389. The molecule has 0 unspecified atom stereocenters. The van der Waals surface area contributed by atoms with Gasteiger partial charge in [-0.3, -0.25) is 4.79 Å². The van der Waals surface area contributed by atoms with E-state index < -0.39 is 5.97 Å². The highest BCUT2D eigenvalue weighted by Gasteiger charge is 2.31. The molecule has 1 aliphatic rings. The minimum Gasteiger partial charge on any atom is -0.478 e. The molecule has 1 aromatic carbocycles. The van der Waals surface area contributed by atoms with E-state index in [-0.39, 0.29) is 11.8 Å². The molecule has 0 spiro atoms. The Bertz CT molecular complexity index is 784. The molecule has 0 aliphatic carbocycles. The Morgan fingerprint density at radius 1 is 1.38 bits per heavy atom. The molecule has 1 saturated heterocycles. The molecule has 5 nitrogen and oxygen atoms in total. The van der Waals surface area contributed by atoms with Crippen LogP contribution in [0.15, 0.2) is 24.3 Å². The summed E-state index contributed by atoms with van der Waals surface area (Å²) in [5.41, 5.74) is 1.94. The van der Waals surface area contributed by atoms with Crippen LogP contribution in [0.4, 0.5) is 0 Å². The highest BCUT2D eigenvalue weighted by Crippen LogP contribution is 2.31. The van der Waals surface area contributed by atoms with Gasteiger partial charge in [-0.15, -0.1) is 11.3 Å². The van der Waals surface area contributed by atoms with E-state index >= 15 is 0 Å². The molecule has 1 aliphatic heterocycles. The average Bonchev–Trinajstić information content (AvgIpc) is 3.21. The molecule has 1 fully saturated rings. The van der Waals surface area contributed by atoms with E-state index in [2.05, 4.69) is 4.98 Å². The summed E-state index contributed by atoms with van der Waals surface area (Å²) >= 11 is 1.46. The fourth-order valence-corrected chi connectivity index (χ4v) is 4.16. The number of aryl methyl sites for hydroxylation is 2. The Morgan fingerprint density at radius 3 is 2.79 bits per heavy atom. The van der Waals surface area contributed by atoms with E-state index in [1.54, 1.807) is 12.1 Å². The number of hydrogen-bond acceptors (Lipinski definition) is 4. The van der Waals surface area contributed by atoms with Crippen LogP contribution >= 0.6 is 11.3 Å². The number of carboxylic acid groups (broad SMARTS) is 1. The van der Waals surface area contributed by atoms with E-state index in [1.165, 1.54) is 11.3 Å². The molecule has 126 valence electrons. The number of carboxylic acids is 1. The third kappa shape index (κ3) is 3.06. The predicted molar refractivity (Wildman–Crippen MR) is 92.9 cm³/mol. The van der Waals surface area contributed by atoms with Gasteiger partial charge in [-0.1, -0.05) is 25.1 Å². The maximum atomic E-state index is 12.8. The Morgan fingerprint density at radius 2 is 2.12 bits per heavy atom. The smallest absolute Gasteiger partial charge is 0.335 e. The van der Waals surface area contributed by atoms with Crippen molar-refractivity contribution in [2.24, 2.45) is 0 Å². The lowest BCUT2D eigenvalue weighted by molar-refractivity contribution is 0.0695. The van der Waals surface area contributed by atoms with Crippen LogP contribution in [-0.2, 0) is 6.42 Å². The van der Waals surface area contributed by atoms with Crippen LogP contribution in [0, 0.1) is 6.92 Å². The Labute approximate surface area is 145 Å². The maximum Gasteiger partial charge on any atom is 0.335 e. The molecule has 1 atom stereocenters. The van der Waals surface area contributed by atoms with Gasteiger partial charge in [0.05, 0.1) is 16.3 Å². The first-order valence-electron chi connectivity index (χ1n) is 8.09. The van der Waals surface area contributed by atoms with Crippen molar-refractivity contribution in [1.29, 1.82) is 0 Å². The molecule has 1 N–H and O–H groups in total. The average molecular weight is 344 g/mol. The van der Waals surface area contributed by atoms with Crippen LogP contribution in [0.2, 0.25) is 0 Å². The number of thiazole rings is 1. The van der Waals surface area contributed by atoms with Gasteiger partial charge >= 0.3 is 5.97 Å². The van der Waals surface area contributed by atoms with Crippen LogP contribution in [0.3, 0.4) is 0 Å². The van der Waals surface area contributed by atoms with E-state index in [9.17, 15) is 14.7 Å². The summed E-state index contributed by atoms with van der Waals surface area (Å²) in [6.07, 6.45) is 1.61. The van der Waals surface area contributed by atoms with Crippen LogP contribution in [-0.4, -0.2) is 40.0 Å². The highest BCUT2D eigenvalue weighted by molar-refractivity contribution is 7.13. The molecule has 2 heterocycles. The van der Waals surface area contributed by atoms with Crippen molar-refractivity contribution in [2.75, 3.05) is 13.1 Å². The number of aromatic nitrogens is 1. The molecule has 6 heteroatoms. The molecule has 3 rings (SSSR count). The van der Waals surface area contributed by atoms with Crippen molar-refractivity contribution in [3.8, 4) is 0 Å². The van der Waals surface area contributed by atoms with E-state index in [0.29, 0.717) is 23.5 Å². The number of carbonyl (C=O) groups excluding carboxylic acids is 1. The zero-order chi connectivity index (χ0) is 17.3. The lowest BCUT2D eigenvalue weighted by atomic mass is 9.93. The number of nitrogens with zero attached hydrogens (tertiary/aromatic N) is 2. The number of aromatic carboxylic acids is 1. The van der Waals surface area contributed by atoms with E-state index in [0.717, 1.165) is 29.1 Å². The van der Waals surface area contributed by atoms with Gasteiger partial charge in [0.25, 0.3) is 5.91 Å². The van der Waals surface area contributed by atoms with Gasteiger partial charge in [-0.05, 0) is 31.4 Å². The predicted octanol–water partition coefficient (Wildman–Crippen LogP) is 3.34. The number of hydrogen-bond donors (Lipinski definition) is 1. The van der Waals surface area contributed by atoms with Gasteiger partial charge in [-0.2, -0.15) is 0 Å². The lowest BCUT2D eigenvalue weighted by Gasteiger charge is -2.17. The first kappa shape index (κ1) is 16.6. The third-order valence-corrected chi connectivity index (χ3v) is 5.73. The molecule has 1 amide bonds. The van der Waals surface area contributed by atoms with Crippen molar-refractivity contribution in [2.45, 2.75) is 32.6 Å². The minimum atomic E-state index is -0.915. The summed E-state index contributed by atoms with van der Waals surface area (Å²) in [7, 11) is 0.